The number of primary amides is 1. The summed E-state index contributed by atoms with van der Waals surface area (Å²) in [5.74, 6) is 0.127. The molecular weight excluding hydrogens is 152 g/mol. The minimum Gasteiger partial charge on any atom is -0.364 e. The number of hydrogen-bond acceptors (Lipinski definition) is 2. The Morgan fingerprint density at radius 2 is 2.25 bits per heavy atom. The zero-order valence-electron chi connectivity index (χ0n) is 6.66. The Balaban J connectivity index is 2.32. The van der Waals surface area contributed by atoms with Crippen molar-refractivity contribution in [2.24, 2.45) is 5.73 Å². The first-order valence-electron chi connectivity index (χ1n) is 4.04. The van der Waals surface area contributed by atoms with Gasteiger partial charge in [0.2, 0.25) is 0 Å². The van der Waals surface area contributed by atoms with Crippen LogP contribution in [0, 0.1) is 0 Å². The van der Waals surface area contributed by atoms with Crippen LogP contribution in [-0.2, 0) is 0 Å². The van der Waals surface area contributed by atoms with Crippen molar-refractivity contribution in [2.45, 2.75) is 18.8 Å². The van der Waals surface area contributed by atoms with Gasteiger partial charge in [0.05, 0.1) is 0 Å². The van der Waals surface area contributed by atoms with Crippen molar-refractivity contribution >= 4 is 5.91 Å². The van der Waals surface area contributed by atoms with Gasteiger partial charge in [0, 0.05) is 11.6 Å². The van der Waals surface area contributed by atoms with Crippen molar-refractivity contribution < 1.29 is 4.79 Å². The molecule has 3 heteroatoms. The van der Waals surface area contributed by atoms with E-state index in [4.69, 9.17) is 5.73 Å². The van der Waals surface area contributed by atoms with Crippen molar-refractivity contribution in [1.82, 2.24) is 4.98 Å². The van der Waals surface area contributed by atoms with Gasteiger partial charge in [0.25, 0.3) is 5.91 Å². The van der Waals surface area contributed by atoms with E-state index in [9.17, 15) is 4.79 Å². The van der Waals surface area contributed by atoms with Gasteiger partial charge in [0.1, 0.15) is 5.69 Å². The Morgan fingerprint density at radius 3 is 2.83 bits per heavy atom. The van der Waals surface area contributed by atoms with E-state index in [1.165, 1.54) is 12.8 Å². The molecule has 1 aromatic rings. The standard InChI is InChI=1S/C9H10N2O/c10-9(12)8-3-1-2-7(11-8)6-4-5-6/h1-3,6H,4-5H2,(H2,10,12). The van der Waals surface area contributed by atoms with E-state index in [1.54, 1.807) is 6.07 Å². The van der Waals surface area contributed by atoms with Crippen LogP contribution in [0.2, 0.25) is 0 Å². The second kappa shape index (κ2) is 2.59. The summed E-state index contributed by atoms with van der Waals surface area (Å²) >= 11 is 0. The minimum atomic E-state index is -0.447. The monoisotopic (exact) mass is 162 g/mol. The summed E-state index contributed by atoms with van der Waals surface area (Å²) < 4.78 is 0. The molecule has 1 aliphatic rings. The Kier molecular flexibility index (Phi) is 1.57. The predicted molar refractivity (Wildman–Crippen MR) is 44.7 cm³/mol. The molecule has 0 atom stereocenters. The van der Waals surface area contributed by atoms with Crippen molar-refractivity contribution in [3.05, 3.63) is 29.6 Å². The Morgan fingerprint density at radius 1 is 1.50 bits per heavy atom. The van der Waals surface area contributed by atoms with Gasteiger partial charge in [-0.1, -0.05) is 6.07 Å². The lowest BCUT2D eigenvalue weighted by Gasteiger charge is -1.98. The fourth-order valence-electron chi connectivity index (χ4n) is 1.20. The van der Waals surface area contributed by atoms with Gasteiger partial charge in [-0.3, -0.25) is 4.79 Å². The van der Waals surface area contributed by atoms with E-state index in [-0.39, 0.29) is 0 Å². The summed E-state index contributed by atoms with van der Waals surface area (Å²) in [6.07, 6.45) is 2.38. The molecule has 0 aliphatic heterocycles. The number of amides is 1. The smallest absolute Gasteiger partial charge is 0.267 e. The van der Waals surface area contributed by atoms with Crippen LogP contribution in [0.4, 0.5) is 0 Å². The third-order valence-corrected chi connectivity index (χ3v) is 2.02. The van der Waals surface area contributed by atoms with E-state index in [1.807, 2.05) is 12.1 Å². The quantitative estimate of drug-likeness (QED) is 0.706. The number of pyridine rings is 1. The van der Waals surface area contributed by atoms with Crippen LogP contribution >= 0.6 is 0 Å². The molecular formula is C9H10N2O. The maximum Gasteiger partial charge on any atom is 0.267 e. The van der Waals surface area contributed by atoms with Crippen molar-refractivity contribution in [3.8, 4) is 0 Å². The molecule has 0 saturated heterocycles. The second-order valence-electron chi connectivity index (χ2n) is 3.09. The zero-order chi connectivity index (χ0) is 8.55. The summed E-state index contributed by atoms with van der Waals surface area (Å²) in [5.41, 5.74) is 6.48. The average Bonchev–Trinajstić information content (AvgIpc) is 2.87. The fraction of sp³-hybridized carbons (Fsp3) is 0.333. The highest BCUT2D eigenvalue weighted by Crippen LogP contribution is 2.38. The maximum atomic E-state index is 10.8. The molecule has 1 heterocycles. The summed E-state index contributed by atoms with van der Waals surface area (Å²) in [7, 11) is 0. The average molecular weight is 162 g/mol. The van der Waals surface area contributed by atoms with Gasteiger partial charge in [-0.25, -0.2) is 4.98 Å². The molecule has 1 aromatic heterocycles. The van der Waals surface area contributed by atoms with Crippen LogP contribution in [0.5, 0.6) is 0 Å². The van der Waals surface area contributed by atoms with Crippen LogP contribution in [0.3, 0.4) is 0 Å². The third kappa shape index (κ3) is 1.30. The van der Waals surface area contributed by atoms with E-state index >= 15 is 0 Å². The molecule has 0 bridgehead atoms. The zero-order valence-corrected chi connectivity index (χ0v) is 6.66. The second-order valence-corrected chi connectivity index (χ2v) is 3.09. The SMILES string of the molecule is NC(=O)c1cccc(C2CC2)n1. The molecule has 2 rings (SSSR count). The van der Waals surface area contributed by atoms with E-state index in [0.717, 1.165) is 5.69 Å². The molecule has 0 aromatic carbocycles. The van der Waals surface area contributed by atoms with Crippen LogP contribution < -0.4 is 5.73 Å². The summed E-state index contributed by atoms with van der Waals surface area (Å²) in [6.45, 7) is 0. The number of nitrogens with zero attached hydrogens (tertiary/aromatic N) is 1. The third-order valence-electron chi connectivity index (χ3n) is 2.02. The summed E-state index contributed by atoms with van der Waals surface area (Å²) in [5, 5.41) is 0. The van der Waals surface area contributed by atoms with Crippen LogP contribution in [0.1, 0.15) is 34.9 Å². The topological polar surface area (TPSA) is 56.0 Å². The van der Waals surface area contributed by atoms with Crippen LogP contribution in [0.25, 0.3) is 0 Å². The molecule has 1 aliphatic carbocycles. The summed E-state index contributed by atoms with van der Waals surface area (Å²) in [6, 6.07) is 5.43. The number of hydrogen-bond donors (Lipinski definition) is 1. The molecule has 1 amide bonds. The highest BCUT2D eigenvalue weighted by atomic mass is 16.1. The van der Waals surface area contributed by atoms with Crippen molar-refractivity contribution in [1.29, 1.82) is 0 Å². The molecule has 62 valence electrons. The molecule has 2 N–H and O–H groups in total. The Bertz CT molecular complexity index is 318. The number of rotatable bonds is 2. The van der Waals surface area contributed by atoms with E-state index in [0.29, 0.717) is 11.6 Å². The molecule has 1 saturated carbocycles. The Hall–Kier alpha value is -1.38. The first kappa shape index (κ1) is 7.28. The van der Waals surface area contributed by atoms with Gasteiger partial charge >= 0.3 is 0 Å². The largest absolute Gasteiger partial charge is 0.364 e. The predicted octanol–water partition coefficient (Wildman–Crippen LogP) is 1.06. The van der Waals surface area contributed by atoms with Gasteiger partial charge in [-0.2, -0.15) is 0 Å². The normalized spacial score (nSPS) is 16.0. The summed E-state index contributed by atoms with van der Waals surface area (Å²) in [4.78, 5) is 14.9. The van der Waals surface area contributed by atoms with Crippen molar-refractivity contribution in [3.63, 3.8) is 0 Å². The van der Waals surface area contributed by atoms with E-state index in [2.05, 4.69) is 4.98 Å². The number of carbonyl (C=O) groups excluding carboxylic acids is 1. The minimum absolute atomic E-state index is 0.374. The lowest BCUT2D eigenvalue weighted by atomic mass is 10.2. The fourth-order valence-corrected chi connectivity index (χ4v) is 1.20. The molecule has 0 unspecified atom stereocenters. The first-order chi connectivity index (χ1) is 5.77. The maximum absolute atomic E-state index is 10.8. The highest BCUT2D eigenvalue weighted by Gasteiger charge is 2.25. The Labute approximate surface area is 70.6 Å². The molecule has 1 fully saturated rings. The number of aromatic nitrogens is 1. The number of nitrogens with two attached hydrogens (primary N) is 1. The van der Waals surface area contributed by atoms with Crippen LogP contribution in [0.15, 0.2) is 18.2 Å². The number of carbonyl (C=O) groups is 1. The van der Waals surface area contributed by atoms with Gasteiger partial charge in [-0.05, 0) is 25.0 Å². The van der Waals surface area contributed by atoms with Crippen molar-refractivity contribution in [2.75, 3.05) is 0 Å². The highest BCUT2D eigenvalue weighted by molar-refractivity contribution is 5.90. The van der Waals surface area contributed by atoms with Crippen LogP contribution in [-0.4, -0.2) is 10.9 Å². The molecule has 12 heavy (non-hydrogen) atoms. The lowest BCUT2D eigenvalue weighted by molar-refractivity contribution is 0.0995. The molecule has 3 nitrogen and oxygen atoms in total. The van der Waals surface area contributed by atoms with Gasteiger partial charge in [-0.15, -0.1) is 0 Å². The molecule has 0 radical (unpaired) electrons. The first-order valence-corrected chi connectivity index (χ1v) is 4.04. The molecule has 0 spiro atoms. The van der Waals surface area contributed by atoms with Gasteiger partial charge < -0.3 is 5.73 Å². The van der Waals surface area contributed by atoms with E-state index < -0.39 is 5.91 Å². The lowest BCUT2D eigenvalue weighted by Crippen LogP contribution is -2.13. The van der Waals surface area contributed by atoms with Gasteiger partial charge in [0.15, 0.2) is 0 Å².